The zero-order valence-electron chi connectivity index (χ0n) is 10.5. The third-order valence-electron chi connectivity index (χ3n) is 3.31. The fourth-order valence-corrected chi connectivity index (χ4v) is 4.08. The standard InChI is InChI=1S/C11H14FN3O4S/c12-10-4-3-8(15(16)17)6-11(10)20(18,19)14-5-1-2-9(14)7-13/h3-4,6,9H,1-2,5,7,13H2. The Labute approximate surface area is 115 Å². The number of halogens is 1. The first-order valence-corrected chi connectivity index (χ1v) is 7.48. The molecule has 0 spiro atoms. The van der Waals surface area contributed by atoms with Gasteiger partial charge in [0.05, 0.1) is 4.92 Å². The number of nitrogens with two attached hydrogens (primary N) is 1. The molecule has 1 aromatic rings. The Morgan fingerprint density at radius 2 is 2.20 bits per heavy atom. The number of benzene rings is 1. The van der Waals surface area contributed by atoms with E-state index in [1.165, 1.54) is 0 Å². The topological polar surface area (TPSA) is 107 Å². The van der Waals surface area contributed by atoms with E-state index in [0.717, 1.165) is 22.5 Å². The van der Waals surface area contributed by atoms with Crippen LogP contribution in [-0.4, -0.2) is 36.8 Å². The molecule has 1 saturated heterocycles. The quantitative estimate of drug-likeness (QED) is 0.655. The molecule has 0 aromatic heterocycles. The summed E-state index contributed by atoms with van der Waals surface area (Å²) in [5.74, 6) is -1.00. The molecule has 1 atom stereocenters. The lowest BCUT2D eigenvalue weighted by molar-refractivity contribution is -0.385. The lowest BCUT2D eigenvalue weighted by atomic mass is 10.2. The Kier molecular flexibility index (Phi) is 4.02. The van der Waals surface area contributed by atoms with Gasteiger partial charge in [-0.15, -0.1) is 0 Å². The van der Waals surface area contributed by atoms with Gasteiger partial charge < -0.3 is 5.73 Å². The van der Waals surface area contributed by atoms with E-state index < -0.39 is 37.4 Å². The molecule has 1 heterocycles. The van der Waals surface area contributed by atoms with Crippen LogP contribution in [0.15, 0.2) is 23.1 Å². The third-order valence-corrected chi connectivity index (χ3v) is 5.27. The largest absolute Gasteiger partial charge is 0.329 e. The molecule has 9 heteroatoms. The maximum absolute atomic E-state index is 13.8. The van der Waals surface area contributed by atoms with Gasteiger partial charge in [-0.3, -0.25) is 10.1 Å². The maximum atomic E-state index is 13.8. The molecule has 2 rings (SSSR count). The summed E-state index contributed by atoms with van der Waals surface area (Å²) >= 11 is 0. The minimum Gasteiger partial charge on any atom is -0.329 e. The molecule has 1 aromatic carbocycles. The van der Waals surface area contributed by atoms with Crippen LogP contribution >= 0.6 is 0 Å². The molecule has 0 bridgehead atoms. The fourth-order valence-electron chi connectivity index (χ4n) is 2.29. The number of rotatable bonds is 4. The van der Waals surface area contributed by atoms with Crippen LogP contribution in [0, 0.1) is 15.9 Å². The van der Waals surface area contributed by atoms with Crippen molar-refractivity contribution in [3.8, 4) is 0 Å². The highest BCUT2D eigenvalue weighted by molar-refractivity contribution is 7.89. The van der Waals surface area contributed by atoms with Gasteiger partial charge in [-0.25, -0.2) is 12.8 Å². The van der Waals surface area contributed by atoms with Crippen molar-refractivity contribution in [1.82, 2.24) is 4.31 Å². The van der Waals surface area contributed by atoms with Crippen LogP contribution in [0.25, 0.3) is 0 Å². The number of nitro benzene ring substituents is 1. The van der Waals surface area contributed by atoms with Crippen LogP contribution in [0.4, 0.5) is 10.1 Å². The predicted octanol–water partition coefficient (Wildman–Crippen LogP) is 0.846. The van der Waals surface area contributed by atoms with Gasteiger partial charge in [-0.2, -0.15) is 4.31 Å². The molecule has 0 aliphatic carbocycles. The molecule has 1 fully saturated rings. The average Bonchev–Trinajstić information content (AvgIpc) is 2.87. The second-order valence-electron chi connectivity index (χ2n) is 4.52. The summed E-state index contributed by atoms with van der Waals surface area (Å²) in [6, 6.07) is 2.08. The van der Waals surface area contributed by atoms with E-state index in [4.69, 9.17) is 5.73 Å². The van der Waals surface area contributed by atoms with Gasteiger partial charge in [0.1, 0.15) is 10.7 Å². The molecule has 1 aliphatic heterocycles. The summed E-state index contributed by atoms with van der Waals surface area (Å²) in [4.78, 5) is 9.25. The van der Waals surface area contributed by atoms with Crippen LogP contribution in [0.2, 0.25) is 0 Å². The van der Waals surface area contributed by atoms with Crippen molar-refractivity contribution < 1.29 is 17.7 Å². The first-order chi connectivity index (χ1) is 9.37. The van der Waals surface area contributed by atoms with Gasteiger partial charge in [-0.1, -0.05) is 0 Å². The van der Waals surface area contributed by atoms with Crippen molar-refractivity contribution in [2.24, 2.45) is 5.73 Å². The van der Waals surface area contributed by atoms with Gasteiger partial charge in [0, 0.05) is 31.3 Å². The summed E-state index contributed by atoms with van der Waals surface area (Å²) in [5, 5.41) is 10.7. The second-order valence-corrected chi connectivity index (χ2v) is 6.38. The van der Waals surface area contributed by atoms with Crippen LogP contribution in [0.1, 0.15) is 12.8 Å². The molecule has 7 nitrogen and oxygen atoms in total. The maximum Gasteiger partial charge on any atom is 0.270 e. The smallest absolute Gasteiger partial charge is 0.270 e. The van der Waals surface area contributed by atoms with Crippen molar-refractivity contribution in [3.05, 3.63) is 34.1 Å². The van der Waals surface area contributed by atoms with E-state index in [1.807, 2.05) is 0 Å². The Hall–Kier alpha value is -1.58. The number of sulfonamides is 1. The van der Waals surface area contributed by atoms with Gasteiger partial charge in [-0.05, 0) is 18.9 Å². The number of hydrogen-bond donors (Lipinski definition) is 1. The SMILES string of the molecule is NCC1CCCN1S(=O)(=O)c1cc([N+](=O)[O-])ccc1F. The number of nitro groups is 1. The van der Waals surface area contributed by atoms with Crippen molar-refractivity contribution in [2.45, 2.75) is 23.8 Å². The summed E-state index contributed by atoms with van der Waals surface area (Å²) < 4.78 is 39.7. The van der Waals surface area contributed by atoms with Crippen molar-refractivity contribution in [2.75, 3.05) is 13.1 Å². The monoisotopic (exact) mass is 303 g/mol. The van der Waals surface area contributed by atoms with Gasteiger partial charge in [0.25, 0.3) is 5.69 Å². The first kappa shape index (κ1) is 14.8. The lowest BCUT2D eigenvalue weighted by Crippen LogP contribution is -2.40. The van der Waals surface area contributed by atoms with E-state index in [0.29, 0.717) is 12.8 Å². The highest BCUT2D eigenvalue weighted by atomic mass is 32.2. The van der Waals surface area contributed by atoms with Crippen LogP contribution in [0.5, 0.6) is 0 Å². The van der Waals surface area contributed by atoms with E-state index in [9.17, 15) is 22.9 Å². The normalized spacial score (nSPS) is 20.2. The Balaban J connectivity index is 2.48. The van der Waals surface area contributed by atoms with E-state index in [1.54, 1.807) is 0 Å². The van der Waals surface area contributed by atoms with Gasteiger partial charge in [0.15, 0.2) is 0 Å². The Morgan fingerprint density at radius 3 is 2.80 bits per heavy atom. The molecular formula is C11H14FN3O4S. The fraction of sp³-hybridized carbons (Fsp3) is 0.455. The number of hydrogen-bond acceptors (Lipinski definition) is 5. The van der Waals surface area contributed by atoms with E-state index in [2.05, 4.69) is 0 Å². The van der Waals surface area contributed by atoms with E-state index in [-0.39, 0.29) is 13.1 Å². The summed E-state index contributed by atoms with van der Waals surface area (Å²) in [7, 11) is -4.11. The molecular weight excluding hydrogens is 289 g/mol. The summed E-state index contributed by atoms with van der Waals surface area (Å²) in [6.45, 7) is 0.377. The molecule has 1 aliphatic rings. The van der Waals surface area contributed by atoms with E-state index >= 15 is 0 Å². The zero-order valence-corrected chi connectivity index (χ0v) is 11.3. The van der Waals surface area contributed by atoms with Crippen LogP contribution in [0.3, 0.4) is 0 Å². The number of non-ortho nitro benzene ring substituents is 1. The highest BCUT2D eigenvalue weighted by Crippen LogP contribution is 2.29. The van der Waals surface area contributed by atoms with Crippen molar-refractivity contribution >= 4 is 15.7 Å². The Morgan fingerprint density at radius 1 is 1.50 bits per heavy atom. The van der Waals surface area contributed by atoms with Crippen molar-refractivity contribution in [3.63, 3.8) is 0 Å². The lowest BCUT2D eigenvalue weighted by Gasteiger charge is -2.22. The molecule has 1 unspecified atom stereocenters. The molecule has 0 saturated carbocycles. The molecule has 0 amide bonds. The average molecular weight is 303 g/mol. The van der Waals surface area contributed by atoms with Gasteiger partial charge in [0.2, 0.25) is 10.0 Å². The molecule has 110 valence electrons. The van der Waals surface area contributed by atoms with Gasteiger partial charge >= 0.3 is 0 Å². The predicted molar refractivity (Wildman–Crippen MR) is 69.0 cm³/mol. The summed E-state index contributed by atoms with van der Waals surface area (Å²) in [5.41, 5.74) is 5.04. The zero-order chi connectivity index (χ0) is 14.9. The minimum atomic E-state index is -4.11. The molecule has 0 radical (unpaired) electrons. The summed E-state index contributed by atoms with van der Waals surface area (Å²) in [6.07, 6.45) is 1.24. The molecule has 2 N–H and O–H groups in total. The van der Waals surface area contributed by atoms with Crippen LogP contribution in [-0.2, 0) is 10.0 Å². The number of nitrogens with zero attached hydrogens (tertiary/aromatic N) is 2. The minimum absolute atomic E-state index is 0.135. The Bertz CT molecular complexity index is 635. The van der Waals surface area contributed by atoms with Crippen molar-refractivity contribution in [1.29, 1.82) is 0 Å². The van der Waals surface area contributed by atoms with Crippen LogP contribution < -0.4 is 5.73 Å². The molecule has 20 heavy (non-hydrogen) atoms. The first-order valence-electron chi connectivity index (χ1n) is 6.03. The third kappa shape index (κ3) is 2.51. The highest BCUT2D eigenvalue weighted by Gasteiger charge is 2.36. The second kappa shape index (κ2) is 5.43.